The van der Waals surface area contributed by atoms with E-state index in [4.69, 9.17) is 0 Å². The number of nitrogens with zero attached hydrogens (tertiary/aromatic N) is 3. The number of likely N-dealkylation sites (tertiary alicyclic amines) is 1. The van der Waals surface area contributed by atoms with Gasteiger partial charge in [-0.15, -0.1) is 0 Å². The number of amidine groups is 1. The van der Waals surface area contributed by atoms with Crippen LogP contribution in [0, 0.1) is 0 Å². The van der Waals surface area contributed by atoms with Crippen LogP contribution in [0.25, 0.3) is 11.0 Å². The van der Waals surface area contributed by atoms with E-state index >= 15 is 0 Å². The number of fused-ring (bicyclic) bond motifs is 2. The minimum absolute atomic E-state index is 0.225. The van der Waals surface area contributed by atoms with Crippen LogP contribution >= 0.6 is 0 Å². The summed E-state index contributed by atoms with van der Waals surface area (Å²) in [4.78, 5) is 27.0. The molecule has 0 atom stereocenters. The molecule has 0 radical (unpaired) electrons. The van der Waals surface area contributed by atoms with E-state index in [1.807, 2.05) is 17.0 Å². The Bertz CT molecular complexity index is 1320. The highest BCUT2D eigenvalue weighted by Crippen LogP contribution is 2.32. The van der Waals surface area contributed by atoms with Crippen molar-refractivity contribution in [1.29, 1.82) is 0 Å². The number of hydrogen-bond donors (Lipinski definition) is 2. The third-order valence-electron chi connectivity index (χ3n) is 6.75. The molecule has 3 aromatic rings. The number of aromatic nitrogens is 2. The molecule has 8 nitrogen and oxygen atoms in total. The molecule has 9 heteroatoms. The summed E-state index contributed by atoms with van der Waals surface area (Å²) in [6.07, 6.45) is 8.88. The van der Waals surface area contributed by atoms with Gasteiger partial charge in [0.2, 0.25) is 5.91 Å². The highest BCUT2D eigenvalue weighted by molar-refractivity contribution is 7.90. The van der Waals surface area contributed by atoms with Gasteiger partial charge in [-0.1, -0.05) is 18.6 Å². The zero-order valence-electron chi connectivity index (χ0n) is 19.0. The number of pyridine rings is 1. The number of H-pyrrole nitrogens is 1. The number of piperidine rings is 1. The van der Waals surface area contributed by atoms with Gasteiger partial charge >= 0.3 is 0 Å². The average molecular weight is 480 g/mol. The second kappa shape index (κ2) is 9.58. The minimum atomic E-state index is -3.49. The number of sulfonamides is 1. The van der Waals surface area contributed by atoms with Gasteiger partial charge in [0.05, 0.1) is 4.90 Å². The Morgan fingerprint density at radius 2 is 1.91 bits per heavy atom. The average Bonchev–Trinajstić information content (AvgIpc) is 3.40. The van der Waals surface area contributed by atoms with Crippen molar-refractivity contribution in [2.45, 2.75) is 49.3 Å². The van der Waals surface area contributed by atoms with Crippen LogP contribution in [-0.2, 0) is 14.8 Å². The SMILES string of the molecule is O=C(CCCCCN=C1NS(=O)(=O)c2ccccc21)N1CCC(c2c[nH]c3ncccc23)CC1. The van der Waals surface area contributed by atoms with E-state index in [9.17, 15) is 13.2 Å². The predicted molar refractivity (Wildman–Crippen MR) is 131 cm³/mol. The van der Waals surface area contributed by atoms with Gasteiger partial charge in [-0.3, -0.25) is 14.5 Å². The summed E-state index contributed by atoms with van der Waals surface area (Å²) in [6, 6.07) is 10.9. The topological polar surface area (TPSA) is 108 Å². The molecule has 178 valence electrons. The number of benzene rings is 1. The second-order valence-electron chi connectivity index (χ2n) is 8.94. The third-order valence-corrected chi connectivity index (χ3v) is 8.15. The molecule has 0 bridgehead atoms. The molecule has 1 aromatic carbocycles. The molecule has 0 spiro atoms. The number of unbranched alkanes of at least 4 members (excludes halogenated alkanes) is 2. The van der Waals surface area contributed by atoms with Crippen LogP contribution in [0.4, 0.5) is 0 Å². The van der Waals surface area contributed by atoms with Crippen LogP contribution in [0.5, 0.6) is 0 Å². The molecular formula is C25H29N5O3S. The van der Waals surface area contributed by atoms with E-state index in [-0.39, 0.29) is 10.8 Å². The van der Waals surface area contributed by atoms with Gasteiger partial charge in [0, 0.05) is 49.4 Å². The van der Waals surface area contributed by atoms with Crippen molar-refractivity contribution >= 4 is 32.8 Å². The van der Waals surface area contributed by atoms with Gasteiger partial charge in [-0.25, -0.2) is 13.4 Å². The summed E-state index contributed by atoms with van der Waals surface area (Å²) in [5, 5.41) is 1.18. The normalized spacial score (nSPS) is 18.8. The monoisotopic (exact) mass is 479 g/mol. The van der Waals surface area contributed by atoms with E-state index in [1.54, 1.807) is 24.4 Å². The van der Waals surface area contributed by atoms with Gasteiger partial charge in [0.1, 0.15) is 11.5 Å². The second-order valence-corrected chi connectivity index (χ2v) is 10.6. The molecule has 2 aliphatic rings. The van der Waals surface area contributed by atoms with E-state index in [2.05, 4.69) is 31.9 Å². The maximum absolute atomic E-state index is 12.7. The summed E-state index contributed by atoms with van der Waals surface area (Å²) < 4.78 is 26.8. The van der Waals surface area contributed by atoms with Crippen molar-refractivity contribution in [3.8, 4) is 0 Å². The Morgan fingerprint density at radius 3 is 2.76 bits per heavy atom. The van der Waals surface area contributed by atoms with E-state index in [0.717, 1.165) is 50.8 Å². The quantitative estimate of drug-likeness (QED) is 0.505. The van der Waals surface area contributed by atoms with Crippen molar-refractivity contribution in [2.24, 2.45) is 4.99 Å². The van der Waals surface area contributed by atoms with Crippen LogP contribution in [0.3, 0.4) is 0 Å². The van der Waals surface area contributed by atoms with Crippen LogP contribution in [0.2, 0.25) is 0 Å². The smallest absolute Gasteiger partial charge is 0.263 e. The lowest BCUT2D eigenvalue weighted by Crippen LogP contribution is -2.37. The first-order valence-electron chi connectivity index (χ1n) is 11.9. The van der Waals surface area contributed by atoms with Crippen LogP contribution in [-0.4, -0.2) is 54.7 Å². The van der Waals surface area contributed by atoms with Crippen LogP contribution in [0.15, 0.2) is 58.7 Å². The molecule has 1 saturated heterocycles. The molecule has 0 unspecified atom stereocenters. The summed E-state index contributed by atoms with van der Waals surface area (Å²) in [6.45, 7) is 2.12. The summed E-state index contributed by atoms with van der Waals surface area (Å²) in [5.41, 5.74) is 2.87. The van der Waals surface area contributed by atoms with Gasteiger partial charge in [-0.2, -0.15) is 0 Å². The molecule has 1 amide bonds. The molecule has 34 heavy (non-hydrogen) atoms. The molecule has 0 aliphatic carbocycles. The molecule has 0 saturated carbocycles. The number of amides is 1. The zero-order chi connectivity index (χ0) is 23.5. The van der Waals surface area contributed by atoms with E-state index in [0.29, 0.717) is 30.3 Å². The number of aliphatic imine (C=N–C) groups is 1. The zero-order valence-corrected chi connectivity index (χ0v) is 19.9. The van der Waals surface area contributed by atoms with Crippen molar-refractivity contribution in [3.63, 3.8) is 0 Å². The number of rotatable bonds is 7. The molecule has 2 aromatic heterocycles. The standard InChI is InChI=1S/C25H29N5O3S/c31-23(30-15-11-18(12-16-30)21-17-28-24-19(21)8-6-14-26-24)10-2-1-5-13-27-25-20-7-3-4-9-22(20)34(32,33)29-25/h3-4,6-9,14,17-18H,1-2,5,10-13,15-16H2,(H,26,28)(H,27,29). The Morgan fingerprint density at radius 1 is 1.09 bits per heavy atom. The van der Waals surface area contributed by atoms with Crippen LogP contribution < -0.4 is 4.72 Å². The number of nitrogens with one attached hydrogen (secondary N) is 2. The lowest BCUT2D eigenvalue weighted by Gasteiger charge is -2.32. The lowest BCUT2D eigenvalue weighted by atomic mass is 9.89. The number of aromatic amines is 1. The van der Waals surface area contributed by atoms with Crippen molar-refractivity contribution in [2.75, 3.05) is 19.6 Å². The van der Waals surface area contributed by atoms with E-state index < -0.39 is 10.0 Å². The fraction of sp³-hybridized carbons (Fsp3) is 0.400. The fourth-order valence-corrected chi connectivity index (χ4v) is 6.17. The molecule has 5 rings (SSSR count). The van der Waals surface area contributed by atoms with Gasteiger partial charge in [0.25, 0.3) is 10.0 Å². The molecule has 2 N–H and O–H groups in total. The highest BCUT2D eigenvalue weighted by Gasteiger charge is 2.30. The number of carbonyl (C=O) groups excluding carboxylic acids is 1. The Kier molecular flexibility index (Phi) is 6.36. The molecule has 1 fully saturated rings. The minimum Gasteiger partial charge on any atom is -0.346 e. The lowest BCUT2D eigenvalue weighted by molar-refractivity contribution is -0.132. The molecule has 4 heterocycles. The van der Waals surface area contributed by atoms with Crippen LogP contribution in [0.1, 0.15) is 55.6 Å². The third kappa shape index (κ3) is 4.57. The largest absolute Gasteiger partial charge is 0.346 e. The summed E-state index contributed by atoms with van der Waals surface area (Å²) in [5.74, 6) is 1.10. The van der Waals surface area contributed by atoms with Crippen molar-refractivity contribution in [1.82, 2.24) is 19.6 Å². The highest BCUT2D eigenvalue weighted by atomic mass is 32.2. The van der Waals surface area contributed by atoms with Crippen molar-refractivity contribution in [3.05, 3.63) is 59.9 Å². The number of carbonyl (C=O) groups is 1. The Balaban J connectivity index is 1.04. The van der Waals surface area contributed by atoms with Gasteiger partial charge < -0.3 is 9.88 Å². The first kappa shape index (κ1) is 22.6. The maximum Gasteiger partial charge on any atom is 0.263 e. The first-order chi connectivity index (χ1) is 16.5. The van der Waals surface area contributed by atoms with E-state index in [1.165, 1.54) is 10.9 Å². The predicted octanol–water partition coefficient (Wildman–Crippen LogP) is 3.57. The number of hydrogen-bond acceptors (Lipinski definition) is 5. The van der Waals surface area contributed by atoms with Gasteiger partial charge in [-0.05, 0) is 61.4 Å². The molecule has 2 aliphatic heterocycles. The maximum atomic E-state index is 12.7. The Hall–Kier alpha value is -3.20. The van der Waals surface area contributed by atoms with Gasteiger partial charge in [0.15, 0.2) is 0 Å². The molecular weight excluding hydrogens is 450 g/mol. The summed E-state index contributed by atoms with van der Waals surface area (Å²) >= 11 is 0. The first-order valence-corrected chi connectivity index (χ1v) is 13.4. The summed E-state index contributed by atoms with van der Waals surface area (Å²) in [7, 11) is -3.49. The Labute approximate surface area is 199 Å². The fourth-order valence-electron chi connectivity index (χ4n) is 4.92. The van der Waals surface area contributed by atoms with Crippen molar-refractivity contribution < 1.29 is 13.2 Å².